The minimum Gasteiger partial charge on any atom is -0.463 e. The number of nitrogens with zero attached hydrogens (tertiary/aromatic N) is 1. The summed E-state index contributed by atoms with van der Waals surface area (Å²) in [5.74, 6) is -0.746. The van der Waals surface area contributed by atoms with Gasteiger partial charge in [-0.3, -0.25) is 0 Å². The summed E-state index contributed by atoms with van der Waals surface area (Å²) < 4.78 is 18.5. The Hall–Kier alpha value is -2.15. The Kier molecular flexibility index (Phi) is 4.41. The van der Waals surface area contributed by atoms with Gasteiger partial charge in [-0.1, -0.05) is 18.7 Å². The van der Waals surface area contributed by atoms with Crippen molar-refractivity contribution in [3.05, 3.63) is 47.5 Å². The summed E-state index contributed by atoms with van der Waals surface area (Å²) in [6, 6.07) is 7.81. The fourth-order valence-electron chi connectivity index (χ4n) is 1.26. The van der Waals surface area contributed by atoms with Gasteiger partial charge in [0.2, 0.25) is 0 Å². The smallest absolute Gasteiger partial charge is 0.336 e. The predicted molar refractivity (Wildman–Crippen MR) is 60.8 cm³/mol. The molecule has 17 heavy (non-hydrogen) atoms. The largest absolute Gasteiger partial charge is 0.463 e. The van der Waals surface area contributed by atoms with Crippen molar-refractivity contribution in [2.75, 3.05) is 6.61 Å². The molecule has 0 amide bonds. The normalized spacial score (nSPS) is 11.4. The Morgan fingerprint density at radius 1 is 1.53 bits per heavy atom. The van der Waals surface area contributed by atoms with E-state index in [9.17, 15) is 9.18 Å². The number of carbonyl (C=O) groups is 1. The SMILES string of the molecule is C=C(C(=O)OCC)C(F)c1ccc(C#N)cc1. The highest BCUT2D eigenvalue weighted by molar-refractivity contribution is 5.89. The highest BCUT2D eigenvalue weighted by Crippen LogP contribution is 2.25. The topological polar surface area (TPSA) is 50.1 Å². The van der Waals surface area contributed by atoms with Gasteiger partial charge in [0.1, 0.15) is 0 Å². The Balaban J connectivity index is 2.82. The lowest BCUT2D eigenvalue weighted by Crippen LogP contribution is -2.11. The van der Waals surface area contributed by atoms with Crippen LogP contribution in [0, 0.1) is 11.3 Å². The number of alkyl halides is 1. The Labute approximate surface area is 99.1 Å². The van der Waals surface area contributed by atoms with Crippen molar-refractivity contribution in [1.29, 1.82) is 5.26 Å². The van der Waals surface area contributed by atoms with Crippen LogP contribution < -0.4 is 0 Å². The molecule has 0 spiro atoms. The van der Waals surface area contributed by atoms with Crippen LogP contribution in [0.5, 0.6) is 0 Å². The Morgan fingerprint density at radius 2 is 2.12 bits per heavy atom. The maximum atomic E-state index is 13.9. The molecule has 0 aliphatic heterocycles. The van der Waals surface area contributed by atoms with Crippen LogP contribution >= 0.6 is 0 Å². The van der Waals surface area contributed by atoms with Gasteiger partial charge in [0.25, 0.3) is 0 Å². The molecule has 1 aromatic carbocycles. The molecule has 0 N–H and O–H groups in total. The Bertz CT molecular complexity index is 459. The molecule has 0 bridgehead atoms. The van der Waals surface area contributed by atoms with Gasteiger partial charge < -0.3 is 4.74 Å². The minimum absolute atomic E-state index is 0.179. The molecule has 1 unspecified atom stereocenters. The van der Waals surface area contributed by atoms with Gasteiger partial charge in [0.15, 0.2) is 6.17 Å². The number of halogens is 1. The first-order chi connectivity index (χ1) is 8.10. The molecule has 1 atom stereocenters. The zero-order valence-corrected chi connectivity index (χ0v) is 9.44. The third kappa shape index (κ3) is 3.15. The molecule has 0 saturated carbocycles. The second-order valence-electron chi connectivity index (χ2n) is 3.34. The summed E-state index contributed by atoms with van der Waals surface area (Å²) in [5, 5.41) is 8.60. The van der Waals surface area contributed by atoms with Gasteiger partial charge in [-0.15, -0.1) is 0 Å². The third-order valence-electron chi connectivity index (χ3n) is 2.18. The summed E-state index contributed by atoms with van der Waals surface area (Å²) in [7, 11) is 0. The number of carbonyl (C=O) groups excluding carboxylic acids is 1. The molecule has 0 saturated heterocycles. The van der Waals surface area contributed by atoms with Crippen LogP contribution in [0.15, 0.2) is 36.4 Å². The van der Waals surface area contributed by atoms with Crippen molar-refractivity contribution in [1.82, 2.24) is 0 Å². The third-order valence-corrected chi connectivity index (χ3v) is 2.18. The number of hydrogen-bond acceptors (Lipinski definition) is 3. The van der Waals surface area contributed by atoms with Gasteiger partial charge in [0, 0.05) is 0 Å². The van der Waals surface area contributed by atoms with E-state index >= 15 is 0 Å². The molecule has 0 fully saturated rings. The van der Waals surface area contributed by atoms with Crippen LogP contribution in [0.2, 0.25) is 0 Å². The number of benzene rings is 1. The molecule has 1 aromatic rings. The van der Waals surface area contributed by atoms with Crippen molar-refractivity contribution in [2.45, 2.75) is 13.1 Å². The first kappa shape index (κ1) is 12.9. The lowest BCUT2D eigenvalue weighted by molar-refractivity contribution is -0.139. The number of nitriles is 1. The summed E-state index contributed by atoms with van der Waals surface area (Å²) in [6.07, 6.45) is -1.61. The molecule has 1 rings (SSSR count). The zero-order valence-electron chi connectivity index (χ0n) is 9.44. The average Bonchev–Trinajstić information content (AvgIpc) is 2.37. The molecule has 0 aliphatic rings. The standard InChI is InChI=1S/C13H12FNO2/c1-3-17-13(16)9(2)12(14)11-6-4-10(8-15)5-7-11/h4-7,12H,2-3H2,1H3. The van der Waals surface area contributed by atoms with Gasteiger partial charge in [-0.25, -0.2) is 9.18 Å². The second-order valence-corrected chi connectivity index (χ2v) is 3.34. The van der Waals surface area contributed by atoms with Crippen molar-refractivity contribution in [2.24, 2.45) is 0 Å². The van der Waals surface area contributed by atoms with Crippen molar-refractivity contribution in [3.63, 3.8) is 0 Å². The molecule has 4 heteroatoms. The average molecular weight is 233 g/mol. The molecular formula is C13H12FNO2. The maximum absolute atomic E-state index is 13.9. The molecule has 0 radical (unpaired) electrons. The van der Waals surface area contributed by atoms with Crippen LogP contribution in [0.4, 0.5) is 4.39 Å². The van der Waals surface area contributed by atoms with E-state index in [1.807, 2.05) is 6.07 Å². The van der Waals surface area contributed by atoms with Gasteiger partial charge in [-0.2, -0.15) is 5.26 Å². The monoisotopic (exact) mass is 233 g/mol. The fraction of sp³-hybridized carbons (Fsp3) is 0.231. The highest BCUT2D eigenvalue weighted by Gasteiger charge is 2.21. The van der Waals surface area contributed by atoms with E-state index in [0.717, 1.165) is 0 Å². The van der Waals surface area contributed by atoms with E-state index in [4.69, 9.17) is 5.26 Å². The molecule has 3 nitrogen and oxygen atoms in total. The van der Waals surface area contributed by atoms with E-state index in [1.54, 1.807) is 6.92 Å². The highest BCUT2D eigenvalue weighted by atomic mass is 19.1. The quantitative estimate of drug-likeness (QED) is 0.593. The molecular weight excluding hydrogens is 221 g/mol. The van der Waals surface area contributed by atoms with Crippen LogP contribution in [0.1, 0.15) is 24.2 Å². The number of rotatable bonds is 4. The Morgan fingerprint density at radius 3 is 2.59 bits per heavy atom. The number of hydrogen-bond donors (Lipinski definition) is 0. The van der Waals surface area contributed by atoms with Crippen LogP contribution in [-0.4, -0.2) is 12.6 Å². The number of ether oxygens (including phenoxy) is 1. The maximum Gasteiger partial charge on any atom is 0.336 e. The van der Waals surface area contributed by atoms with Crippen LogP contribution in [0.3, 0.4) is 0 Å². The molecule has 0 aromatic heterocycles. The van der Waals surface area contributed by atoms with Crippen molar-refractivity contribution in [3.8, 4) is 6.07 Å². The van der Waals surface area contributed by atoms with Crippen LogP contribution in [0.25, 0.3) is 0 Å². The summed E-state index contributed by atoms with van der Waals surface area (Å²) in [4.78, 5) is 11.3. The predicted octanol–water partition coefficient (Wildman–Crippen LogP) is 2.69. The van der Waals surface area contributed by atoms with Gasteiger partial charge in [0.05, 0.1) is 23.8 Å². The van der Waals surface area contributed by atoms with Crippen LogP contribution in [-0.2, 0) is 9.53 Å². The van der Waals surface area contributed by atoms with Gasteiger partial charge >= 0.3 is 5.97 Å². The van der Waals surface area contributed by atoms with Crippen molar-refractivity contribution >= 4 is 5.97 Å². The first-order valence-corrected chi connectivity index (χ1v) is 5.10. The van der Waals surface area contributed by atoms with E-state index in [2.05, 4.69) is 11.3 Å². The molecule has 0 heterocycles. The van der Waals surface area contributed by atoms with Crippen molar-refractivity contribution < 1.29 is 13.9 Å². The second kappa shape index (κ2) is 5.80. The van der Waals surface area contributed by atoms with E-state index < -0.39 is 12.1 Å². The summed E-state index contributed by atoms with van der Waals surface area (Å²) in [5.41, 5.74) is 0.473. The summed E-state index contributed by atoms with van der Waals surface area (Å²) in [6.45, 7) is 5.20. The number of esters is 1. The van der Waals surface area contributed by atoms with E-state index in [-0.39, 0.29) is 17.7 Å². The molecule has 0 aliphatic carbocycles. The van der Waals surface area contributed by atoms with Gasteiger partial charge in [-0.05, 0) is 24.6 Å². The zero-order chi connectivity index (χ0) is 12.8. The summed E-state index contributed by atoms with van der Waals surface area (Å²) >= 11 is 0. The lowest BCUT2D eigenvalue weighted by atomic mass is 10.0. The minimum atomic E-state index is -1.61. The lowest BCUT2D eigenvalue weighted by Gasteiger charge is -2.10. The van der Waals surface area contributed by atoms with E-state index in [1.165, 1.54) is 24.3 Å². The first-order valence-electron chi connectivity index (χ1n) is 5.10. The van der Waals surface area contributed by atoms with E-state index in [0.29, 0.717) is 5.56 Å². The molecule has 88 valence electrons. The fourth-order valence-corrected chi connectivity index (χ4v) is 1.26.